The molecule has 24 heavy (non-hydrogen) atoms. The summed E-state index contributed by atoms with van der Waals surface area (Å²) in [6, 6.07) is 1.04. The summed E-state index contributed by atoms with van der Waals surface area (Å²) in [5.41, 5.74) is 0. The minimum Gasteiger partial charge on any atom is -0.381 e. The second-order valence-corrected chi connectivity index (χ2v) is 8.42. The van der Waals surface area contributed by atoms with E-state index in [-0.39, 0.29) is 11.9 Å². The van der Waals surface area contributed by atoms with E-state index in [1.165, 1.54) is 38.6 Å². The van der Waals surface area contributed by atoms with Gasteiger partial charge in [0, 0.05) is 38.3 Å². The van der Waals surface area contributed by atoms with Gasteiger partial charge in [-0.1, -0.05) is 12.8 Å². The lowest BCUT2D eigenvalue weighted by atomic mass is 9.85. The molecule has 0 spiro atoms. The van der Waals surface area contributed by atoms with Crippen LogP contribution in [0.15, 0.2) is 0 Å². The number of rotatable bonds is 4. The van der Waals surface area contributed by atoms with Gasteiger partial charge in [0.05, 0.1) is 12.6 Å². The molecule has 0 aromatic heterocycles. The molecule has 4 fully saturated rings. The van der Waals surface area contributed by atoms with Crippen LogP contribution >= 0.6 is 0 Å². The first-order valence-electron chi connectivity index (χ1n) is 10.1. The summed E-state index contributed by atoms with van der Waals surface area (Å²) >= 11 is 0. The molecule has 136 valence electrons. The van der Waals surface area contributed by atoms with E-state index in [1.54, 1.807) is 0 Å². The summed E-state index contributed by atoms with van der Waals surface area (Å²) < 4.78 is 5.48. The number of nitrogens with zero attached hydrogens (tertiary/aromatic N) is 1. The predicted octanol–water partition coefficient (Wildman–Crippen LogP) is 1.52. The molecule has 5 nitrogen and oxygen atoms in total. The molecule has 1 saturated carbocycles. The van der Waals surface area contributed by atoms with Crippen LogP contribution in [-0.2, 0) is 9.53 Å². The number of ether oxygens (including phenoxy) is 1. The molecule has 4 atom stereocenters. The van der Waals surface area contributed by atoms with Crippen LogP contribution in [-0.4, -0.2) is 61.8 Å². The molecule has 4 rings (SSSR count). The van der Waals surface area contributed by atoms with Gasteiger partial charge in [0.1, 0.15) is 0 Å². The van der Waals surface area contributed by atoms with Crippen LogP contribution < -0.4 is 10.6 Å². The van der Waals surface area contributed by atoms with Crippen molar-refractivity contribution >= 4 is 5.91 Å². The standard InChI is InChI=1S/C19H33N3O2/c23-19(18-11-15-3-1-2-4-17(15)21-18)20-16-5-8-22(9-6-16)12-14-7-10-24-13-14/h14-18,21H,1-13H2,(H,20,23). The summed E-state index contributed by atoms with van der Waals surface area (Å²) in [7, 11) is 0. The lowest BCUT2D eigenvalue weighted by molar-refractivity contribution is -0.123. The van der Waals surface area contributed by atoms with Crippen molar-refractivity contribution in [2.45, 2.75) is 69.5 Å². The lowest BCUT2D eigenvalue weighted by Gasteiger charge is -2.34. The van der Waals surface area contributed by atoms with E-state index in [9.17, 15) is 4.79 Å². The quantitative estimate of drug-likeness (QED) is 0.818. The number of hydrogen-bond acceptors (Lipinski definition) is 4. The zero-order valence-electron chi connectivity index (χ0n) is 14.8. The van der Waals surface area contributed by atoms with Crippen molar-refractivity contribution in [2.75, 3.05) is 32.8 Å². The fourth-order valence-corrected chi connectivity index (χ4v) is 5.18. The smallest absolute Gasteiger partial charge is 0.237 e. The summed E-state index contributed by atoms with van der Waals surface area (Å²) in [4.78, 5) is 15.2. The van der Waals surface area contributed by atoms with Gasteiger partial charge in [0.2, 0.25) is 5.91 Å². The maximum absolute atomic E-state index is 12.6. The number of carbonyl (C=O) groups excluding carboxylic acids is 1. The molecule has 3 heterocycles. The molecule has 5 heteroatoms. The molecule has 0 aromatic carbocycles. The monoisotopic (exact) mass is 335 g/mol. The summed E-state index contributed by atoms with van der Waals surface area (Å²) in [5.74, 6) is 1.72. The molecule has 4 unspecified atom stereocenters. The number of carbonyl (C=O) groups is 1. The zero-order chi connectivity index (χ0) is 16.4. The van der Waals surface area contributed by atoms with Crippen LogP contribution in [0.1, 0.15) is 51.4 Å². The Hall–Kier alpha value is -0.650. The molecule has 4 aliphatic rings. The Morgan fingerprint density at radius 3 is 2.71 bits per heavy atom. The van der Waals surface area contributed by atoms with Crippen molar-refractivity contribution < 1.29 is 9.53 Å². The molecule has 0 aromatic rings. The minimum atomic E-state index is 0.0618. The van der Waals surface area contributed by atoms with E-state index in [0.29, 0.717) is 12.1 Å². The first kappa shape index (κ1) is 16.8. The largest absolute Gasteiger partial charge is 0.381 e. The molecule has 3 saturated heterocycles. The van der Waals surface area contributed by atoms with Gasteiger partial charge >= 0.3 is 0 Å². The van der Waals surface area contributed by atoms with E-state index in [0.717, 1.165) is 57.4 Å². The molecule has 2 N–H and O–H groups in total. The second-order valence-electron chi connectivity index (χ2n) is 8.42. The Morgan fingerprint density at radius 1 is 1.12 bits per heavy atom. The highest BCUT2D eigenvalue weighted by atomic mass is 16.5. The molecular formula is C19H33N3O2. The zero-order valence-corrected chi connectivity index (χ0v) is 14.8. The Labute approximate surface area is 145 Å². The second kappa shape index (κ2) is 7.71. The van der Waals surface area contributed by atoms with E-state index >= 15 is 0 Å². The topological polar surface area (TPSA) is 53.6 Å². The summed E-state index contributed by atoms with van der Waals surface area (Å²) in [6.45, 7) is 5.28. The predicted molar refractivity (Wildman–Crippen MR) is 93.8 cm³/mol. The average Bonchev–Trinajstić information content (AvgIpc) is 3.25. The maximum Gasteiger partial charge on any atom is 0.237 e. The van der Waals surface area contributed by atoms with E-state index in [4.69, 9.17) is 4.74 Å². The molecular weight excluding hydrogens is 302 g/mol. The van der Waals surface area contributed by atoms with Crippen molar-refractivity contribution in [3.63, 3.8) is 0 Å². The van der Waals surface area contributed by atoms with Gasteiger partial charge in [-0.05, 0) is 50.4 Å². The van der Waals surface area contributed by atoms with Crippen molar-refractivity contribution in [3.8, 4) is 0 Å². The van der Waals surface area contributed by atoms with Crippen molar-refractivity contribution in [1.29, 1.82) is 0 Å². The number of amides is 1. The number of nitrogens with one attached hydrogen (secondary N) is 2. The molecule has 1 aliphatic carbocycles. The van der Waals surface area contributed by atoms with Crippen LogP contribution in [0, 0.1) is 11.8 Å². The number of hydrogen-bond donors (Lipinski definition) is 2. The van der Waals surface area contributed by atoms with Gasteiger partial charge in [0.25, 0.3) is 0 Å². The highest BCUT2D eigenvalue weighted by molar-refractivity contribution is 5.82. The van der Waals surface area contributed by atoms with E-state index in [2.05, 4.69) is 15.5 Å². The van der Waals surface area contributed by atoms with Crippen molar-refractivity contribution in [2.24, 2.45) is 11.8 Å². The average molecular weight is 335 g/mol. The Bertz CT molecular complexity index is 416. The fraction of sp³-hybridized carbons (Fsp3) is 0.947. The number of piperidine rings is 1. The highest BCUT2D eigenvalue weighted by Crippen LogP contribution is 2.33. The van der Waals surface area contributed by atoms with Gasteiger partial charge in [-0.15, -0.1) is 0 Å². The van der Waals surface area contributed by atoms with Crippen LogP contribution in [0.3, 0.4) is 0 Å². The Kier molecular flexibility index (Phi) is 5.40. The van der Waals surface area contributed by atoms with Gasteiger partial charge in [-0.2, -0.15) is 0 Å². The van der Waals surface area contributed by atoms with Crippen LogP contribution in [0.25, 0.3) is 0 Å². The maximum atomic E-state index is 12.6. The molecule has 0 radical (unpaired) electrons. The fourth-order valence-electron chi connectivity index (χ4n) is 5.18. The van der Waals surface area contributed by atoms with Gasteiger partial charge in [-0.3, -0.25) is 4.79 Å². The SMILES string of the molecule is O=C(NC1CCN(CC2CCOC2)CC1)C1CC2CCCCC2N1. The summed E-state index contributed by atoms with van der Waals surface area (Å²) in [5, 5.41) is 6.93. The first-order valence-corrected chi connectivity index (χ1v) is 10.1. The van der Waals surface area contributed by atoms with Crippen molar-refractivity contribution in [1.82, 2.24) is 15.5 Å². The third-order valence-electron chi connectivity index (χ3n) is 6.65. The lowest BCUT2D eigenvalue weighted by Crippen LogP contribution is -2.50. The number of fused-ring (bicyclic) bond motifs is 1. The highest BCUT2D eigenvalue weighted by Gasteiger charge is 2.38. The number of likely N-dealkylation sites (tertiary alicyclic amines) is 1. The van der Waals surface area contributed by atoms with Crippen LogP contribution in [0.5, 0.6) is 0 Å². The van der Waals surface area contributed by atoms with Gasteiger partial charge in [0.15, 0.2) is 0 Å². The van der Waals surface area contributed by atoms with Gasteiger partial charge in [-0.25, -0.2) is 0 Å². The first-order chi connectivity index (χ1) is 11.8. The van der Waals surface area contributed by atoms with Crippen LogP contribution in [0.4, 0.5) is 0 Å². The van der Waals surface area contributed by atoms with E-state index in [1.807, 2.05) is 0 Å². The Morgan fingerprint density at radius 2 is 1.96 bits per heavy atom. The normalized spacial score (nSPS) is 38.2. The summed E-state index contributed by atoms with van der Waals surface area (Å²) in [6.07, 6.45) is 9.71. The molecule has 3 aliphatic heterocycles. The molecule has 0 bridgehead atoms. The minimum absolute atomic E-state index is 0.0618. The van der Waals surface area contributed by atoms with Gasteiger partial charge < -0.3 is 20.3 Å². The van der Waals surface area contributed by atoms with Crippen LogP contribution in [0.2, 0.25) is 0 Å². The Balaban J connectivity index is 1.18. The third kappa shape index (κ3) is 3.94. The van der Waals surface area contributed by atoms with E-state index < -0.39 is 0 Å². The van der Waals surface area contributed by atoms with Crippen molar-refractivity contribution in [3.05, 3.63) is 0 Å². The third-order valence-corrected chi connectivity index (χ3v) is 6.65. The molecule has 1 amide bonds.